The summed E-state index contributed by atoms with van der Waals surface area (Å²) in [7, 11) is 0. The van der Waals surface area contributed by atoms with Gasteiger partial charge in [-0.3, -0.25) is 4.79 Å². The predicted molar refractivity (Wildman–Crippen MR) is 87.7 cm³/mol. The van der Waals surface area contributed by atoms with Crippen LogP contribution in [0.15, 0.2) is 22.7 Å². The summed E-state index contributed by atoms with van der Waals surface area (Å²) in [6.07, 6.45) is 2.03. The minimum absolute atomic E-state index is 0.197. The van der Waals surface area contributed by atoms with Crippen LogP contribution < -0.4 is 0 Å². The fourth-order valence-corrected chi connectivity index (χ4v) is 3.24. The van der Waals surface area contributed by atoms with E-state index in [1.165, 1.54) is 22.9 Å². The first-order chi connectivity index (χ1) is 9.10. The second-order valence-electron chi connectivity index (χ2n) is 4.57. The topological polar surface area (TPSA) is 20.3 Å². The quantitative estimate of drug-likeness (QED) is 0.704. The van der Waals surface area contributed by atoms with Crippen molar-refractivity contribution in [3.63, 3.8) is 0 Å². The number of hydrogen-bond donors (Lipinski definition) is 0. The molecular formula is C15H22BrNOS. The van der Waals surface area contributed by atoms with E-state index < -0.39 is 0 Å². The van der Waals surface area contributed by atoms with Crippen LogP contribution >= 0.6 is 27.7 Å². The van der Waals surface area contributed by atoms with Gasteiger partial charge < -0.3 is 4.90 Å². The third-order valence-corrected chi connectivity index (χ3v) is 4.80. The molecule has 0 saturated heterocycles. The molecule has 0 aliphatic rings. The molecular weight excluding hydrogens is 322 g/mol. The Morgan fingerprint density at radius 1 is 1.26 bits per heavy atom. The van der Waals surface area contributed by atoms with Crippen molar-refractivity contribution in [1.29, 1.82) is 0 Å². The van der Waals surface area contributed by atoms with Gasteiger partial charge >= 0.3 is 0 Å². The molecule has 0 saturated carbocycles. The van der Waals surface area contributed by atoms with Crippen molar-refractivity contribution in [3.05, 3.63) is 33.8 Å². The minimum atomic E-state index is 0.197. The van der Waals surface area contributed by atoms with Crippen LogP contribution in [0.25, 0.3) is 0 Å². The molecule has 1 aromatic rings. The zero-order valence-electron chi connectivity index (χ0n) is 11.9. The van der Waals surface area contributed by atoms with Crippen molar-refractivity contribution < 1.29 is 4.79 Å². The average molecular weight is 344 g/mol. The van der Waals surface area contributed by atoms with Crippen LogP contribution in [-0.2, 0) is 5.75 Å². The number of hydrogen-bond acceptors (Lipinski definition) is 2. The lowest BCUT2D eigenvalue weighted by Crippen LogP contribution is -2.29. The molecule has 1 aromatic carbocycles. The van der Waals surface area contributed by atoms with Gasteiger partial charge in [-0.05, 0) is 37.0 Å². The smallest absolute Gasteiger partial charge is 0.281 e. The monoisotopic (exact) mass is 343 g/mol. The molecule has 0 unspecified atom stereocenters. The van der Waals surface area contributed by atoms with Crippen LogP contribution in [0.5, 0.6) is 0 Å². The third-order valence-electron chi connectivity index (χ3n) is 2.98. The van der Waals surface area contributed by atoms with E-state index >= 15 is 0 Å². The Morgan fingerprint density at radius 3 is 2.47 bits per heavy atom. The predicted octanol–water partition coefficient (Wildman–Crippen LogP) is 5.23. The molecule has 0 aliphatic carbocycles. The second-order valence-corrected chi connectivity index (χ2v) is 6.35. The lowest BCUT2D eigenvalue weighted by molar-refractivity contribution is 0.223. The van der Waals surface area contributed by atoms with Gasteiger partial charge in [0.25, 0.3) is 5.24 Å². The van der Waals surface area contributed by atoms with Gasteiger partial charge in [0, 0.05) is 23.3 Å². The van der Waals surface area contributed by atoms with Gasteiger partial charge in [0.15, 0.2) is 0 Å². The van der Waals surface area contributed by atoms with Crippen molar-refractivity contribution in [2.24, 2.45) is 0 Å². The van der Waals surface area contributed by atoms with Gasteiger partial charge in [-0.1, -0.05) is 53.7 Å². The van der Waals surface area contributed by atoms with E-state index in [0.717, 1.165) is 36.2 Å². The van der Waals surface area contributed by atoms with Gasteiger partial charge in [0.2, 0.25) is 0 Å². The third kappa shape index (κ3) is 5.19. The highest BCUT2D eigenvalue weighted by molar-refractivity contribution is 9.10. The van der Waals surface area contributed by atoms with E-state index in [1.54, 1.807) is 0 Å². The SMILES string of the molecule is CCCN(CCC)C(=O)SCc1cccc(Br)c1C. The van der Waals surface area contributed by atoms with Crippen LogP contribution in [0.4, 0.5) is 4.79 Å². The van der Waals surface area contributed by atoms with Crippen molar-refractivity contribution >= 4 is 32.9 Å². The molecule has 1 amide bonds. The minimum Gasteiger partial charge on any atom is -0.334 e. The summed E-state index contributed by atoms with van der Waals surface area (Å²) in [6, 6.07) is 6.14. The van der Waals surface area contributed by atoms with Crippen LogP contribution in [0.2, 0.25) is 0 Å². The lowest BCUT2D eigenvalue weighted by Gasteiger charge is -2.20. The maximum Gasteiger partial charge on any atom is 0.281 e. The zero-order chi connectivity index (χ0) is 14.3. The summed E-state index contributed by atoms with van der Waals surface area (Å²) < 4.78 is 1.11. The van der Waals surface area contributed by atoms with E-state index in [0.29, 0.717) is 0 Å². The Labute approximate surface area is 129 Å². The van der Waals surface area contributed by atoms with E-state index in [2.05, 4.69) is 42.8 Å². The fraction of sp³-hybridized carbons (Fsp3) is 0.533. The maximum atomic E-state index is 12.2. The Bertz CT molecular complexity index is 417. The van der Waals surface area contributed by atoms with Crippen LogP contribution in [-0.4, -0.2) is 23.2 Å². The molecule has 0 heterocycles. The van der Waals surface area contributed by atoms with Crippen molar-refractivity contribution in [1.82, 2.24) is 4.90 Å². The van der Waals surface area contributed by atoms with E-state index in [4.69, 9.17) is 0 Å². The van der Waals surface area contributed by atoms with Crippen LogP contribution in [0, 0.1) is 6.92 Å². The van der Waals surface area contributed by atoms with Crippen molar-refractivity contribution in [2.45, 2.75) is 39.4 Å². The number of benzene rings is 1. The number of carbonyl (C=O) groups excluding carboxylic acids is 1. The maximum absolute atomic E-state index is 12.2. The van der Waals surface area contributed by atoms with Crippen LogP contribution in [0.3, 0.4) is 0 Å². The molecule has 2 nitrogen and oxygen atoms in total. The first-order valence-electron chi connectivity index (χ1n) is 6.75. The number of rotatable bonds is 6. The number of amides is 1. The van der Waals surface area contributed by atoms with Gasteiger partial charge in [-0.15, -0.1) is 0 Å². The summed E-state index contributed by atoms with van der Waals surface area (Å²) in [5, 5.41) is 0.197. The summed E-state index contributed by atoms with van der Waals surface area (Å²) in [6.45, 7) is 8.02. The lowest BCUT2D eigenvalue weighted by atomic mass is 10.1. The van der Waals surface area contributed by atoms with E-state index in [-0.39, 0.29) is 5.24 Å². The highest BCUT2D eigenvalue weighted by Crippen LogP contribution is 2.24. The summed E-state index contributed by atoms with van der Waals surface area (Å²) >= 11 is 4.93. The van der Waals surface area contributed by atoms with Gasteiger partial charge in [-0.2, -0.15) is 0 Å². The Kier molecular flexibility index (Phi) is 7.54. The largest absolute Gasteiger partial charge is 0.334 e. The number of carbonyl (C=O) groups is 1. The zero-order valence-corrected chi connectivity index (χ0v) is 14.3. The summed E-state index contributed by atoms with van der Waals surface area (Å²) in [5.41, 5.74) is 2.45. The second kappa shape index (κ2) is 8.64. The van der Waals surface area contributed by atoms with Gasteiger partial charge in [-0.25, -0.2) is 0 Å². The number of halogens is 1. The van der Waals surface area contributed by atoms with Crippen LogP contribution in [0.1, 0.15) is 37.8 Å². The Morgan fingerprint density at radius 2 is 1.89 bits per heavy atom. The van der Waals surface area contributed by atoms with Crippen molar-refractivity contribution in [2.75, 3.05) is 13.1 Å². The van der Waals surface area contributed by atoms with E-state index in [1.807, 2.05) is 17.0 Å². The van der Waals surface area contributed by atoms with Crippen molar-refractivity contribution in [3.8, 4) is 0 Å². The summed E-state index contributed by atoms with van der Waals surface area (Å²) in [5.74, 6) is 0.744. The Hall–Kier alpha value is -0.480. The molecule has 0 fully saturated rings. The van der Waals surface area contributed by atoms with E-state index in [9.17, 15) is 4.79 Å². The first kappa shape index (κ1) is 16.6. The molecule has 0 aromatic heterocycles. The molecule has 0 aliphatic heterocycles. The molecule has 19 heavy (non-hydrogen) atoms. The summed E-state index contributed by atoms with van der Waals surface area (Å²) in [4.78, 5) is 14.1. The molecule has 0 atom stereocenters. The standard InChI is InChI=1S/C15H22BrNOS/c1-4-9-17(10-5-2)15(18)19-11-13-7-6-8-14(16)12(13)3/h6-8H,4-5,9-11H2,1-3H3. The molecule has 0 N–H and O–H groups in total. The molecule has 1 rings (SSSR count). The molecule has 0 spiro atoms. The molecule has 0 radical (unpaired) electrons. The highest BCUT2D eigenvalue weighted by atomic mass is 79.9. The Balaban J connectivity index is 2.59. The molecule has 0 bridgehead atoms. The normalized spacial score (nSPS) is 10.5. The van der Waals surface area contributed by atoms with Gasteiger partial charge in [0.05, 0.1) is 0 Å². The molecule has 4 heteroatoms. The average Bonchev–Trinajstić information content (AvgIpc) is 2.40. The number of nitrogens with zero attached hydrogens (tertiary/aromatic N) is 1. The first-order valence-corrected chi connectivity index (χ1v) is 8.53. The fourth-order valence-electron chi connectivity index (χ4n) is 1.87. The molecule has 106 valence electrons. The highest BCUT2D eigenvalue weighted by Gasteiger charge is 2.13. The number of thioether (sulfide) groups is 1. The van der Waals surface area contributed by atoms with Gasteiger partial charge in [0.1, 0.15) is 0 Å².